The average molecular weight is 396 g/mol. The highest BCUT2D eigenvalue weighted by Crippen LogP contribution is 2.41. The smallest absolute Gasteiger partial charge is 0.334 e. The van der Waals surface area contributed by atoms with Gasteiger partial charge in [0.25, 0.3) is 0 Å². The number of aliphatic carboxylic acids is 2. The Kier molecular flexibility index (Phi) is 7.28. The summed E-state index contributed by atoms with van der Waals surface area (Å²) in [5.74, 6) is -3.19. The van der Waals surface area contributed by atoms with Gasteiger partial charge in [-0.25, -0.2) is 14.7 Å². The van der Waals surface area contributed by atoms with Gasteiger partial charge in [0, 0.05) is 10.6 Å². The van der Waals surface area contributed by atoms with E-state index in [2.05, 4.69) is 0 Å². The Balaban J connectivity index is 0.00000182. The predicted octanol–water partition coefficient (Wildman–Crippen LogP) is 2.87. The van der Waals surface area contributed by atoms with Gasteiger partial charge in [0.1, 0.15) is 0 Å². The zero-order valence-corrected chi connectivity index (χ0v) is 15.0. The van der Waals surface area contributed by atoms with E-state index in [4.69, 9.17) is 11.6 Å². The molecule has 1 heterocycles. The van der Waals surface area contributed by atoms with Gasteiger partial charge in [-0.15, -0.1) is 0 Å². The second-order valence-corrected chi connectivity index (χ2v) is 5.99. The number of para-hydroxylation sites is 1. The Morgan fingerprint density at radius 3 is 2.11 bits per heavy atom. The van der Waals surface area contributed by atoms with Crippen LogP contribution >= 0.6 is 11.6 Å². The summed E-state index contributed by atoms with van der Waals surface area (Å²) in [6, 6.07) is 11.4. The highest BCUT2D eigenvalue weighted by molar-refractivity contribution is 6.30. The van der Waals surface area contributed by atoms with Gasteiger partial charge in [0.05, 0.1) is 12.2 Å². The lowest BCUT2D eigenvalue weighted by atomic mass is 10.1. The molecule has 0 bridgehead atoms. The molecule has 2 aromatic rings. The highest BCUT2D eigenvalue weighted by Gasteiger charge is 2.47. The zero-order valence-electron chi connectivity index (χ0n) is 14.3. The lowest BCUT2D eigenvalue weighted by molar-refractivity contribution is -0.166. The molecule has 0 aliphatic carbocycles. The summed E-state index contributed by atoms with van der Waals surface area (Å²) < 4.78 is 0. The number of rotatable bonds is 5. The summed E-state index contributed by atoms with van der Waals surface area (Å²) in [5.41, 5.74) is 1.58. The molecule has 1 atom stereocenters. The summed E-state index contributed by atoms with van der Waals surface area (Å²) >= 11 is 5.87. The topological polar surface area (TPSA) is 171 Å². The van der Waals surface area contributed by atoms with Gasteiger partial charge in [-0.3, -0.25) is 5.01 Å². The molecule has 8 N–H and O–H groups in total. The molecular formula is C17H20ClN4O5. The second-order valence-electron chi connectivity index (χ2n) is 5.55. The van der Waals surface area contributed by atoms with Crippen LogP contribution in [-0.2, 0) is 21.2 Å². The van der Waals surface area contributed by atoms with Crippen LogP contribution in [0.1, 0.15) is 17.4 Å². The molecule has 0 fully saturated rings. The Labute approximate surface area is 160 Å². The average Bonchev–Trinajstić information content (AvgIpc) is 2.83. The first kappa shape index (κ1) is 22.4. The number of halogens is 1. The molecule has 1 radical (unpaired) electrons. The minimum absolute atomic E-state index is 0. The van der Waals surface area contributed by atoms with Crippen molar-refractivity contribution >= 4 is 29.2 Å². The van der Waals surface area contributed by atoms with E-state index in [0.717, 1.165) is 10.6 Å². The van der Waals surface area contributed by atoms with Crippen LogP contribution in [-0.4, -0.2) is 33.2 Å². The van der Waals surface area contributed by atoms with E-state index < -0.39 is 24.2 Å². The van der Waals surface area contributed by atoms with Crippen LogP contribution in [0.4, 0.5) is 5.69 Å². The molecule has 27 heavy (non-hydrogen) atoms. The molecule has 9 nitrogen and oxygen atoms in total. The molecule has 0 saturated carbocycles. The van der Waals surface area contributed by atoms with Crippen LogP contribution in [0.2, 0.25) is 5.02 Å². The normalized spacial score (nSPS) is 15.7. The maximum absolute atomic E-state index is 12.7. The number of carboxylic acids is 2. The third kappa shape index (κ3) is 4.18. The Morgan fingerprint density at radius 2 is 1.56 bits per heavy atom. The van der Waals surface area contributed by atoms with Crippen molar-refractivity contribution in [3.63, 3.8) is 0 Å². The monoisotopic (exact) mass is 395 g/mol. The molecule has 3 rings (SSSR count). The van der Waals surface area contributed by atoms with Gasteiger partial charge in [0.15, 0.2) is 6.23 Å². The first-order valence-electron chi connectivity index (χ1n) is 7.40. The van der Waals surface area contributed by atoms with E-state index >= 15 is 0 Å². The van der Waals surface area contributed by atoms with Crippen molar-refractivity contribution in [1.82, 2.24) is 17.3 Å². The van der Waals surface area contributed by atoms with Crippen LogP contribution in [0, 0.1) is 0 Å². The summed E-state index contributed by atoms with van der Waals surface area (Å²) in [6.45, 7) is 0.143. The molecule has 1 unspecified atom stereocenters. The summed E-state index contributed by atoms with van der Waals surface area (Å²) in [4.78, 5) is 22.9. The maximum atomic E-state index is 12.7. The summed E-state index contributed by atoms with van der Waals surface area (Å²) in [7, 11) is 0. The highest BCUT2D eigenvalue weighted by atomic mass is 35.5. The SMILES string of the molecule is N.N.[O]C1c2ccccc2N(Cc2ccc(Cl)cc2)N1C(C(=O)O)C(=O)O. The quantitative estimate of drug-likeness (QED) is 0.559. The molecule has 1 aliphatic heterocycles. The number of hydrogen-bond acceptors (Lipinski definition) is 6. The van der Waals surface area contributed by atoms with Crippen LogP contribution in [0.3, 0.4) is 0 Å². The molecule has 0 amide bonds. The largest absolute Gasteiger partial charge is 0.480 e. The molecule has 0 aromatic heterocycles. The predicted molar refractivity (Wildman–Crippen MR) is 98.4 cm³/mol. The molecule has 0 saturated heterocycles. The molecule has 10 heteroatoms. The van der Waals surface area contributed by atoms with Crippen molar-refractivity contribution in [2.24, 2.45) is 0 Å². The Bertz CT molecular complexity index is 803. The summed E-state index contributed by atoms with van der Waals surface area (Å²) in [6.07, 6.45) is -1.62. The van der Waals surface area contributed by atoms with Crippen molar-refractivity contribution in [3.05, 3.63) is 64.7 Å². The first-order chi connectivity index (χ1) is 11.9. The van der Waals surface area contributed by atoms with Crippen molar-refractivity contribution in [3.8, 4) is 0 Å². The Hall–Kier alpha value is -2.69. The van der Waals surface area contributed by atoms with Gasteiger partial charge in [0.2, 0.25) is 6.04 Å². The van der Waals surface area contributed by atoms with E-state index in [1.165, 1.54) is 5.01 Å². The Morgan fingerprint density at radius 1 is 1.00 bits per heavy atom. The number of nitrogens with zero attached hydrogens (tertiary/aromatic N) is 2. The van der Waals surface area contributed by atoms with Gasteiger partial charge in [-0.05, 0) is 23.8 Å². The van der Waals surface area contributed by atoms with Crippen LogP contribution in [0.25, 0.3) is 0 Å². The molecule has 2 aromatic carbocycles. The fraction of sp³-hybridized carbons (Fsp3) is 0.176. The van der Waals surface area contributed by atoms with Crippen LogP contribution < -0.4 is 17.3 Å². The van der Waals surface area contributed by atoms with Crippen LogP contribution in [0.5, 0.6) is 0 Å². The fourth-order valence-corrected chi connectivity index (χ4v) is 2.99. The van der Waals surface area contributed by atoms with Gasteiger partial charge < -0.3 is 22.5 Å². The first-order valence-corrected chi connectivity index (χ1v) is 7.78. The van der Waals surface area contributed by atoms with Crippen molar-refractivity contribution < 1.29 is 24.9 Å². The lowest BCUT2D eigenvalue weighted by Gasteiger charge is -2.33. The standard InChI is InChI=1S/C17H14ClN2O5.2H3N/c18-11-7-5-10(6-8-11)9-19-13-4-2-1-3-12(13)15(21)20(19)14(16(22)23)17(24)25;;/h1-8,14-15H,9H2,(H,22,23)(H,24,25);2*1H3. The number of carbonyl (C=O) groups is 2. The minimum atomic E-state index is -1.98. The van der Waals surface area contributed by atoms with E-state index in [-0.39, 0.29) is 18.8 Å². The van der Waals surface area contributed by atoms with E-state index in [9.17, 15) is 24.9 Å². The molecule has 1 aliphatic rings. The van der Waals surface area contributed by atoms with Gasteiger partial charge in [-0.1, -0.05) is 41.9 Å². The number of anilines is 1. The molecular weight excluding hydrogens is 376 g/mol. The third-order valence-electron chi connectivity index (χ3n) is 3.98. The van der Waals surface area contributed by atoms with Crippen molar-refractivity contribution in [2.45, 2.75) is 18.8 Å². The maximum Gasteiger partial charge on any atom is 0.334 e. The van der Waals surface area contributed by atoms with Gasteiger partial charge in [-0.2, -0.15) is 5.01 Å². The van der Waals surface area contributed by atoms with E-state index in [1.54, 1.807) is 48.5 Å². The van der Waals surface area contributed by atoms with Crippen molar-refractivity contribution in [2.75, 3.05) is 5.01 Å². The van der Waals surface area contributed by atoms with Crippen LogP contribution in [0.15, 0.2) is 48.5 Å². The summed E-state index contributed by atoms with van der Waals surface area (Å²) in [5, 5.41) is 34.1. The minimum Gasteiger partial charge on any atom is -0.480 e. The lowest BCUT2D eigenvalue weighted by Crippen LogP contribution is -2.53. The number of fused-ring (bicyclic) bond motifs is 1. The van der Waals surface area contributed by atoms with E-state index in [0.29, 0.717) is 16.3 Å². The fourth-order valence-electron chi connectivity index (χ4n) is 2.86. The van der Waals surface area contributed by atoms with E-state index in [1.807, 2.05) is 0 Å². The molecule has 145 valence electrons. The van der Waals surface area contributed by atoms with Gasteiger partial charge >= 0.3 is 11.9 Å². The second kappa shape index (κ2) is 8.80. The van der Waals surface area contributed by atoms with Crippen molar-refractivity contribution in [1.29, 1.82) is 0 Å². The third-order valence-corrected chi connectivity index (χ3v) is 4.23. The zero-order chi connectivity index (χ0) is 18.1. The number of hydrogen-bond donors (Lipinski definition) is 4. The molecule has 0 spiro atoms. The number of hydrazine groups is 1. The number of carboxylic acid groups (broad SMARTS) is 2. The number of benzene rings is 2.